The summed E-state index contributed by atoms with van der Waals surface area (Å²) in [6.45, 7) is 6.21. The molecule has 65 heavy (non-hydrogen) atoms. The van der Waals surface area contributed by atoms with Crippen LogP contribution < -0.4 is 4.90 Å². The number of anilines is 3. The van der Waals surface area contributed by atoms with E-state index in [0.29, 0.717) is 0 Å². The average molecular weight is 847 g/mol. The van der Waals surface area contributed by atoms with Gasteiger partial charge in [-0.3, -0.25) is 0 Å². The van der Waals surface area contributed by atoms with Gasteiger partial charge in [-0.2, -0.15) is 0 Å². The molecule has 2 nitrogen and oxygen atoms in total. The van der Waals surface area contributed by atoms with Crippen LogP contribution in [0.15, 0.2) is 225 Å². The summed E-state index contributed by atoms with van der Waals surface area (Å²) in [5.41, 5.74) is 20.6. The molecule has 0 aliphatic heterocycles. The largest absolute Gasteiger partial charge is 0.310 e. The molecule has 0 amide bonds. The van der Waals surface area contributed by atoms with Gasteiger partial charge in [-0.25, -0.2) is 0 Å². The number of fused-ring (bicyclic) bond motifs is 14. The molecule has 0 saturated carbocycles. The molecule has 2 aromatic heterocycles. The maximum atomic E-state index is 3.99. The third kappa shape index (κ3) is 5.46. The van der Waals surface area contributed by atoms with Crippen LogP contribution in [0.4, 0.5) is 17.1 Å². The van der Waals surface area contributed by atoms with Gasteiger partial charge < -0.3 is 9.47 Å². The topological polar surface area (TPSA) is 8.17 Å². The Kier molecular flexibility index (Phi) is 8.40. The molecule has 2 aliphatic carbocycles. The Hall–Kier alpha value is -7.98. The van der Waals surface area contributed by atoms with E-state index in [2.05, 4.69) is 235 Å². The second kappa shape index (κ2) is 14.5. The van der Waals surface area contributed by atoms with Crippen molar-refractivity contribution in [1.29, 1.82) is 0 Å². The molecule has 0 unspecified atom stereocenters. The lowest BCUT2D eigenvalue weighted by molar-refractivity contribution is 0.794. The molecule has 11 aromatic rings. The van der Waals surface area contributed by atoms with Gasteiger partial charge in [0.15, 0.2) is 0 Å². The number of hydrogen-bond acceptors (Lipinski definition) is 2. The molecule has 306 valence electrons. The van der Waals surface area contributed by atoms with E-state index < -0.39 is 0 Å². The van der Waals surface area contributed by atoms with Gasteiger partial charge in [0.05, 0.1) is 10.9 Å². The quantitative estimate of drug-likeness (QED) is 0.145. The number of rotatable bonds is 7. The molecule has 0 fully saturated rings. The van der Waals surface area contributed by atoms with Gasteiger partial charge in [-0.05, 0) is 141 Å². The van der Waals surface area contributed by atoms with Crippen molar-refractivity contribution in [1.82, 2.24) is 4.57 Å². The smallest absolute Gasteiger partial charge is 0.0725 e. The summed E-state index contributed by atoms with van der Waals surface area (Å²) in [6.07, 6.45) is 6.05. The first-order valence-electron chi connectivity index (χ1n) is 22.4. The summed E-state index contributed by atoms with van der Waals surface area (Å²) < 4.78 is 4.97. The molecule has 1 spiro atoms. The van der Waals surface area contributed by atoms with Crippen LogP contribution in [-0.4, -0.2) is 4.57 Å². The number of nitrogens with zero attached hydrogens (tertiary/aromatic N) is 2. The number of thiophene rings is 1. The first-order valence-corrected chi connectivity index (χ1v) is 23.2. The molecule has 2 aliphatic rings. The number of aryl methyl sites for hydroxylation is 1. The van der Waals surface area contributed by atoms with Crippen LogP contribution in [0.3, 0.4) is 0 Å². The normalized spacial score (nSPS) is 13.1. The SMILES string of the molecule is C=C/C=C\c1c(C)c2ccc(N(c3cccc(-c4ccc5c(c4)-c4ccccc4C54c5ccccc5-c5ccccc54)c3)c3ccc4sc5ccccc5c4c3)cc2n1-c1ccccc1. The van der Waals surface area contributed by atoms with Crippen molar-refractivity contribution in [3.8, 4) is 39.1 Å². The Labute approximate surface area is 382 Å². The lowest BCUT2D eigenvalue weighted by atomic mass is 9.70. The Morgan fingerprint density at radius 1 is 0.477 bits per heavy atom. The maximum absolute atomic E-state index is 3.99. The van der Waals surface area contributed by atoms with E-state index in [-0.39, 0.29) is 5.41 Å². The standard InChI is InChI=1S/C62H42N2S/c1-3-4-28-58-40(2)47-33-31-46(39-59(47)64(58)43-18-6-5-7-19-43)63(45-32-35-61-53(38-45)51-24-11-15-29-60(51)65-61)44-20-16-17-41(36-44)42-30-34-57-52(37-42)50-23-10-14-27-56(50)62(57)54-25-12-8-21-48(54)49-22-9-13-26-55(49)62/h3-39H,1H2,2H3/b28-4-. The van der Waals surface area contributed by atoms with Crippen LogP contribution >= 0.6 is 11.3 Å². The molecular weight excluding hydrogens is 805 g/mol. The maximum Gasteiger partial charge on any atom is 0.0725 e. The molecule has 2 heterocycles. The number of allylic oxidation sites excluding steroid dienone is 2. The van der Waals surface area contributed by atoms with Crippen molar-refractivity contribution >= 4 is 65.6 Å². The third-order valence-electron chi connectivity index (χ3n) is 14.0. The highest BCUT2D eigenvalue weighted by Crippen LogP contribution is 2.63. The zero-order valence-corrected chi connectivity index (χ0v) is 36.7. The molecule has 0 N–H and O–H groups in total. The minimum Gasteiger partial charge on any atom is -0.310 e. The van der Waals surface area contributed by atoms with Gasteiger partial charge in [0.25, 0.3) is 0 Å². The van der Waals surface area contributed by atoms with Gasteiger partial charge in [0.2, 0.25) is 0 Å². The van der Waals surface area contributed by atoms with E-state index in [0.717, 1.165) is 34.0 Å². The summed E-state index contributed by atoms with van der Waals surface area (Å²) in [5.74, 6) is 0. The summed E-state index contributed by atoms with van der Waals surface area (Å²) in [5, 5.41) is 3.78. The molecule has 3 heteroatoms. The van der Waals surface area contributed by atoms with Gasteiger partial charge in [0, 0.05) is 54.0 Å². The Balaban J connectivity index is 1.01. The fraction of sp³-hybridized carbons (Fsp3) is 0.0323. The zero-order valence-electron chi connectivity index (χ0n) is 35.9. The minimum absolute atomic E-state index is 0.365. The van der Waals surface area contributed by atoms with Crippen LogP contribution in [0.1, 0.15) is 33.5 Å². The predicted octanol–water partition coefficient (Wildman–Crippen LogP) is 17.0. The highest BCUT2D eigenvalue weighted by molar-refractivity contribution is 7.25. The first kappa shape index (κ1) is 37.6. The molecule has 0 bridgehead atoms. The number of aromatic nitrogens is 1. The molecule has 13 rings (SSSR count). The predicted molar refractivity (Wildman–Crippen MR) is 277 cm³/mol. The second-order valence-electron chi connectivity index (χ2n) is 17.3. The van der Waals surface area contributed by atoms with Gasteiger partial charge >= 0.3 is 0 Å². The van der Waals surface area contributed by atoms with Crippen LogP contribution in [0.2, 0.25) is 0 Å². The average Bonchev–Trinajstić information content (AvgIpc) is 4.06. The van der Waals surface area contributed by atoms with E-state index in [1.165, 1.54) is 86.8 Å². The summed E-state index contributed by atoms with van der Waals surface area (Å²) >= 11 is 1.85. The molecular formula is C62H42N2S. The number of benzene rings is 9. The second-order valence-corrected chi connectivity index (χ2v) is 18.4. The van der Waals surface area contributed by atoms with Crippen LogP contribution in [0, 0.1) is 6.92 Å². The fourth-order valence-electron chi connectivity index (χ4n) is 11.2. The van der Waals surface area contributed by atoms with Crippen molar-refractivity contribution in [2.45, 2.75) is 12.3 Å². The fourth-order valence-corrected chi connectivity index (χ4v) is 12.3. The van der Waals surface area contributed by atoms with Crippen molar-refractivity contribution < 1.29 is 0 Å². The van der Waals surface area contributed by atoms with E-state index in [1.807, 2.05) is 23.5 Å². The van der Waals surface area contributed by atoms with Crippen LogP contribution in [-0.2, 0) is 5.41 Å². The molecule has 0 atom stereocenters. The lowest BCUT2D eigenvalue weighted by Gasteiger charge is -2.30. The van der Waals surface area contributed by atoms with Gasteiger partial charge in [-0.1, -0.05) is 158 Å². The van der Waals surface area contributed by atoms with Gasteiger partial charge in [0.1, 0.15) is 0 Å². The van der Waals surface area contributed by atoms with E-state index in [9.17, 15) is 0 Å². The van der Waals surface area contributed by atoms with E-state index in [4.69, 9.17) is 0 Å². The zero-order chi connectivity index (χ0) is 43.2. The lowest BCUT2D eigenvalue weighted by Crippen LogP contribution is -2.25. The van der Waals surface area contributed by atoms with Crippen molar-refractivity contribution in [3.05, 3.63) is 258 Å². The van der Waals surface area contributed by atoms with Crippen molar-refractivity contribution in [3.63, 3.8) is 0 Å². The summed E-state index contributed by atoms with van der Waals surface area (Å²) in [6, 6.07) is 76.8. The molecule has 0 saturated heterocycles. The van der Waals surface area contributed by atoms with Crippen LogP contribution in [0.25, 0.3) is 76.2 Å². The molecule has 0 radical (unpaired) electrons. The Morgan fingerprint density at radius 3 is 1.83 bits per heavy atom. The van der Waals surface area contributed by atoms with Crippen LogP contribution in [0.5, 0.6) is 0 Å². The Bertz CT molecular complexity index is 3720. The Morgan fingerprint density at radius 2 is 1.08 bits per heavy atom. The monoisotopic (exact) mass is 846 g/mol. The summed E-state index contributed by atoms with van der Waals surface area (Å²) in [7, 11) is 0. The summed E-state index contributed by atoms with van der Waals surface area (Å²) in [4.78, 5) is 2.44. The van der Waals surface area contributed by atoms with Gasteiger partial charge in [-0.15, -0.1) is 11.3 Å². The molecule has 9 aromatic carbocycles. The van der Waals surface area contributed by atoms with Crippen molar-refractivity contribution in [2.75, 3.05) is 4.90 Å². The minimum atomic E-state index is -0.365. The number of hydrogen-bond donors (Lipinski definition) is 0. The van der Waals surface area contributed by atoms with E-state index in [1.54, 1.807) is 0 Å². The highest BCUT2D eigenvalue weighted by Gasteiger charge is 2.51. The van der Waals surface area contributed by atoms with E-state index >= 15 is 0 Å². The highest BCUT2D eigenvalue weighted by atomic mass is 32.1. The number of para-hydroxylation sites is 1. The third-order valence-corrected chi connectivity index (χ3v) is 15.1. The first-order chi connectivity index (χ1) is 32.1. The van der Waals surface area contributed by atoms with Crippen molar-refractivity contribution in [2.24, 2.45) is 0 Å².